The molecule has 2 aromatic carbocycles. The quantitative estimate of drug-likeness (QED) is 0.726. The molecule has 2 aromatic rings. The van der Waals surface area contributed by atoms with Gasteiger partial charge in [0.05, 0.1) is 10.7 Å². The highest BCUT2D eigenvalue weighted by atomic mass is 79.9. The minimum Gasteiger partial charge on any atom is -0.369 e. The topological polar surface area (TPSA) is 20.3 Å². The standard InChI is InChI=1S/C16H15BrClNO/c1-11(20)13-6-7-16(15(18)9-13)19(2)10-12-4-3-5-14(17)8-12/h3-9H,10H2,1-2H3. The van der Waals surface area contributed by atoms with Crippen molar-refractivity contribution in [2.45, 2.75) is 13.5 Å². The summed E-state index contributed by atoms with van der Waals surface area (Å²) in [7, 11) is 1.98. The number of ketones is 1. The van der Waals surface area contributed by atoms with Gasteiger partial charge in [0, 0.05) is 23.6 Å². The van der Waals surface area contributed by atoms with Crippen LogP contribution in [0.15, 0.2) is 46.9 Å². The Hall–Kier alpha value is -1.32. The number of rotatable bonds is 4. The largest absolute Gasteiger partial charge is 0.369 e. The number of benzene rings is 2. The van der Waals surface area contributed by atoms with E-state index in [0.29, 0.717) is 10.6 Å². The normalized spacial score (nSPS) is 10.4. The fourth-order valence-electron chi connectivity index (χ4n) is 2.03. The molecule has 2 rings (SSSR count). The third kappa shape index (κ3) is 3.62. The van der Waals surface area contributed by atoms with Crippen LogP contribution in [0.2, 0.25) is 5.02 Å². The van der Waals surface area contributed by atoms with Crippen LogP contribution in [-0.2, 0) is 6.54 Å². The second-order valence-electron chi connectivity index (χ2n) is 4.71. The average Bonchev–Trinajstić information content (AvgIpc) is 2.38. The van der Waals surface area contributed by atoms with Gasteiger partial charge in [-0.15, -0.1) is 0 Å². The van der Waals surface area contributed by atoms with E-state index in [1.54, 1.807) is 12.1 Å². The number of halogens is 2. The SMILES string of the molecule is CC(=O)c1ccc(N(C)Cc2cccc(Br)c2)c(Cl)c1. The molecule has 0 radical (unpaired) electrons. The van der Waals surface area contributed by atoms with E-state index in [-0.39, 0.29) is 5.78 Å². The lowest BCUT2D eigenvalue weighted by Crippen LogP contribution is -2.17. The molecule has 2 nitrogen and oxygen atoms in total. The molecule has 0 aliphatic carbocycles. The van der Waals surface area contributed by atoms with Crippen LogP contribution < -0.4 is 4.90 Å². The maximum atomic E-state index is 11.3. The highest BCUT2D eigenvalue weighted by Crippen LogP contribution is 2.27. The summed E-state index contributed by atoms with van der Waals surface area (Å²) in [5.41, 5.74) is 2.74. The Morgan fingerprint density at radius 3 is 2.60 bits per heavy atom. The molecule has 0 unspecified atom stereocenters. The third-order valence-electron chi connectivity index (χ3n) is 3.07. The first-order valence-corrected chi connectivity index (χ1v) is 7.40. The molecular formula is C16H15BrClNO. The molecule has 0 fully saturated rings. The van der Waals surface area contributed by atoms with Crippen molar-refractivity contribution in [2.24, 2.45) is 0 Å². The molecule has 0 atom stereocenters. The Balaban J connectivity index is 2.21. The van der Waals surface area contributed by atoms with Gasteiger partial charge in [0.15, 0.2) is 5.78 Å². The minimum atomic E-state index is 0.0214. The molecule has 0 saturated carbocycles. The molecular weight excluding hydrogens is 338 g/mol. The van der Waals surface area contributed by atoms with Gasteiger partial charge in [-0.25, -0.2) is 0 Å². The van der Waals surface area contributed by atoms with Crippen LogP contribution in [0, 0.1) is 0 Å². The summed E-state index contributed by atoms with van der Waals surface area (Å²) in [5.74, 6) is 0.0214. The smallest absolute Gasteiger partial charge is 0.159 e. The second kappa shape index (κ2) is 6.42. The van der Waals surface area contributed by atoms with Crippen molar-refractivity contribution < 1.29 is 4.79 Å². The summed E-state index contributed by atoms with van der Waals surface area (Å²) in [4.78, 5) is 13.4. The van der Waals surface area contributed by atoms with E-state index < -0.39 is 0 Å². The van der Waals surface area contributed by atoms with Crippen molar-refractivity contribution in [3.8, 4) is 0 Å². The van der Waals surface area contributed by atoms with Gasteiger partial charge >= 0.3 is 0 Å². The van der Waals surface area contributed by atoms with Crippen LogP contribution >= 0.6 is 27.5 Å². The number of anilines is 1. The van der Waals surface area contributed by atoms with Gasteiger partial charge in [-0.05, 0) is 42.8 Å². The van der Waals surface area contributed by atoms with Gasteiger partial charge in [0.1, 0.15) is 0 Å². The van der Waals surface area contributed by atoms with Crippen LogP contribution in [0.1, 0.15) is 22.8 Å². The molecule has 0 heterocycles. The molecule has 0 aromatic heterocycles. The maximum Gasteiger partial charge on any atom is 0.159 e. The van der Waals surface area contributed by atoms with E-state index in [9.17, 15) is 4.79 Å². The van der Waals surface area contributed by atoms with Gasteiger partial charge in [-0.1, -0.05) is 39.7 Å². The van der Waals surface area contributed by atoms with Crippen molar-refractivity contribution >= 4 is 39.0 Å². The van der Waals surface area contributed by atoms with Gasteiger partial charge in [0.25, 0.3) is 0 Å². The Morgan fingerprint density at radius 1 is 1.25 bits per heavy atom. The van der Waals surface area contributed by atoms with Crippen molar-refractivity contribution in [1.82, 2.24) is 0 Å². The number of Topliss-reactive ketones (excluding diaryl/α,β-unsaturated/α-hetero) is 1. The lowest BCUT2D eigenvalue weighted by Gasteiger charge is -2.21. The predicted molar refractivity (Wildman–Crippen MR) is 87.7 cm³/mol. The summed E-state index contributed by atoms with van der Waals surface area (Å²) in [6, 6.07) is 13.6. The van der Waals surface area contributed by atoms with E-state index in [1.807, 2.05) is 25.2 Å². The first kappa shape index (κ1) is 15.1. The van der Waals surface area contributed by atoms with Gasteiger partial charge in [0.2, 0.25) is 0 Å². The van der Waals surface area contributed by atoms with Crippen molar-refractivity contribution in [2.75, 3.05) is 11.9 Å². The van der Waals surface area contributed by atoms with Crippen LogP contribution in [-0.4, -0.2) is 12.8 Å². The first-order chi connectivity index (χ1) is 9.47. The summed E-state index contributed by atoms with van der Waals surface area (Å²) in [5, 5.41) is 0.593. The number of hydrogen-bond acceptors (Lipinski definition) is 2. The van der Waals surface area contributed by atoms with Gasteiger partial charge < -0.3 is 4.90 Å². The molecule has 0 amide bonds. The van der Waals surface area contributed by atoms with Crippen molar-refractivity contribution in [1.29, 1.82) is 0 Å². The fraction of sp³-hybridized carbons (Fsp3) is 0.188. The van der Waals surface area contributed by atoms with Crippen LogP contribution in [0.3, 0.4) is 0 Å². The van der Waals surface area contributed by atoms with E-state index >= 15 is 0 Å². The molecule has 0 bridgehead atoms. The molecule has 0 aliphatic rings. The number of carbonyl (C=O) groups excluding carboxylic acids is 1. The summed E-state index contributed by atoms with van der Waals surface area (Å²) < 4.78 is 1.06. The van der Waals surface area contributed by atoms with E-state index in [1.165, 1.54) is 12.5 Å². The van der Waals surface area contributed by atoms with E-state index in [2.05, 4.69) is 33.0 Å². The highest BCUT2D eigenvalue weighted by Gasteiger charge is 2.09. The molecule has 20 heavy (non-hydrogen) atoms. The van der Waals surface area contributed by atoms with Crippen LogP contribution in [0.4, 0.5) is 5.69 Å². The number of hydrogen-bond donors (Lipinski definition) is 0. The molecule has 4 heteroatoms. The van der Waals surface area contributed by atoms with E-state index in [4.69, 9.17) is 11.6 Å². The van der Waals surface area contributed by atoms with E-state index in [0.717, 1.165) is 16.7 Å². The van der Waals surface area contributed by atoms with Crippen molar-refractivity contribution in [3.63, 3.8) is 0 Å². The zero-order valence-electron chi connectivity index (χ0n) is 11.4. The highest BCUT2D eigenvalue weighted by molar-refractivity contribution is 9.10. The number of carbonyl (C=O) groups is 1. The Labute approximate surface area is 132 Å². The summed E-state index contributed by atoms with van der Waals surface area (Å²) in [6.45, 7) is 2.29. The average molecular weight is 353 g/mol. The zero-order valence-corrected chi connectivity index (χ0v) is 13.7. The van der Waals surface area contributed by atoms with Gasteiger partial charge in [-0.2, -0.15) is 0 Å². The Morgan fingerprint density at radius 2 is 2.00 bits per heavy atom. The Bertz CT molecular complexity index is 642. The predicted octanol–water partition coefficient (Wildman–Crippen LogP) is 4.94. The van der Waals surface area contributed by atoms with Crippen LogP contribution in [0.5, 0.6) is 0 Å². The Kier molecular flexibility index (Phi) is 4.84. The molecule has 0 aliphatic heterocycles. The first-order valence-electron chi connectivity index (χ1n) is 6.23. The van der Waals surface area contributed by atoms with Crippen molar-refractivity contribution in [3.05, 3.63) is 63.1 Å². The molecule has 0 N–H and O–H groups in total. The summed E-state index contributed by atoms with van der Waals surface area (Å²) in [6.07, 6.45) is 0. The molecule has 0 saturated heterocycles. The second-order valence-corrected chi connectivity index (χ2v) is 6.03. The fourth-order valence-corrected chi connectivity index (χ4v) is 2.80. The third-order valence-corrected chi connectivity index (χ3v) is 3.87. The van der Waals surface area contributed by atoms with Crippen LogP contribution in [0.25, 0.3) is 0 Å². The lowest BCUT2D eigenvalue weighted by atomic mass is 10.1. The maximum absolute atomic E-state index is 11.3. The lowest BCUT2D eigenvalue weighted by molar-refractivity contribution is 0.101. The van der Waals surface area contributed by atoms with Gasteiger partial charge in [-0.3, -0.25) is 4.79 Å². The monoisotopic (exact) mass is 351 g/mol. The molecule has 104 valence electrons. The number of nitrogens with zero attached hydrogens (tertiary/aromatic N) is 1. The minimum absolute atomic E-state index is 0.0214. The zero-order chi connectivity index (χ0) is 14.7. The summed E-state index contributed by atoms with van der Waals surface area (Å²) >= 11 is 9.73. The molecule has 0 spiro atoms.